The zero-order valence-electron chi connectivity index (χ0n) is 19.6. The summed E-state index contributed by atoms with van der Waals surface area (Å²) in [7, 11) is 0. The molecule has 2 aromatic carbocycles. The van der Waals surface area contributed by atoms with E-state index in [1.54, 1.807) is 57.2 Å². The third-order valence-corrected chi connectivity index (χ3v) is 5.04. The lowest BCUT2D eigenvalue weighted by atomic mass is 9.95. The van der Waals surface area contributed by atoms with Gasteiger partial charge in [0.1, 0.15) is 0 Å². The number of ether oxygens (including phenoxy) is 1. The van der Waals surface area contributed by atoms with E-state index in [0.717, 1.165) is 11.1 Å². The minimum atomic E-state index is -1.03. The summed E-state index contributed by atoms with van der Waals surface area (Å²) in [6.45, 7) is 8.76. The number of hydrogen-bond acceptors (Lipinski definition) is 5. The Bertz CT molecular complexity index is 1030. The van der Waals surface area contributed by atoms with E-state index in [9.17, 15) is 19.2 Å². The fraction of sp³-hybridized carbons (Fsp3) is 0.360. The number of nitrogens with two attached hydrogens (primary N) is 1. The van der Waals surface area contributed by atoms with E-state index < -0.39 is 29.6 Å². The van der Waals surface area contributed by atoms with Gasteiger partial charge >= 0.3 is 12.0 Å². The first kappa shape index (κ1) is 25.6. The van der Waals surface area contributed by atoms with Crippen molar-refractivity contribution in [2.75, 3.05) is 5.32 Å². The first-order valence-corrected chi connectivity index (χ1v) is 10.6. The number of primary amides is 1. The summed E-state index contributed by atoms with van der Waals surface area (Å²) in [6.07, 6.45) is -1.21. The molecule has 33 heavy (non-hydrogen) atoms. The minimum Gasteiger partial charge on any atom is -0.454 e. The van der Waals surface area contributed by atoms with Crippen LogP contribution in [0.3, 0.4) is 0 Å². The van der Waals surface area contributed by atoms with E-state index in [1.807, 2.05) is 19.1 Å². The zero-order valence-corrected chi connectivity index (χ0v) is 19.6. The molecule has 2 atom stereocenters. The average molecular weight is 454 g/mol. The van der Waals surface area contributed by atoms with Gasteiger partial charge in [0.25, 0.3) is 0 Å². The number of rotatable bonds is 8. The van der Waals surface area contributed by atoms with E-state index in [2.05, 4.69) is 10.6 Å². The van der Waals surface area contributed by atoms with Gasteiger partial charge in [-0.25, -0.2) is 4.79 Å². The maximum Gasteiger partial charge on any atom is 0.312 e. The van der Waals surface area contributed by atoms with Crippen molar-refractivity contribution in [1.82, 2.24) is 5.32 Å². The lowest BCUT2D eigenvalue weighted by molar-refractivity contribution is -0.146. The number of aryl methyl sites for hydroxylation is 1. The van der Waals surface area contributed by atoms with Gasteiger partial charge in [-0.2, -0.15) is 0 Å². The van der Waals surface area contributed by atoms with E-state index in [-0.39, 0.29) is 18.1 Å². The Hall–Kier alpha value is -3.68. The Labute approximate surface area is 193 Å². The second-order valence-corrected chi connectivity index (χ2v) is 8.90. The Morgan fingerprint density at radius 2 is 1.61 bits per heavy atom. The summed E-state index contributed by atoms with van der Waals surface area (Å²) < 4.78 is 5.33. The van der Waals surface area contributed by atoms with Crippen molar-refractivity contribution in [3.8, 4) is 0 Å². The Balaban J connectivity index is 2.02. The lowest BCUT2D eigenvalue weighted by Crippen LogP contribution is -2.35. The summed E-state index contributed by atoms with van der Waals surface area (Å²) in [6, 6.07) is 12.2. The van der Waals surface area contributed by atoms with Crippen LogP contribution in [0.15, 0.2) is 48.5 Å². The molecule has 0 saturated heterocycles. The Morgan fingerprint density at radius 3 is 2.15 bits per heavy atom. The number of esters is 1. The number of anilines is 1. The normalized spacial score (nSPS) is 12.9. The van der Waals surface area contributed by atoms with Crippen molar-refractivity contribution in [3.63, 3.8) is 0 Å². The monoisotopic (exact) mass is 453 g/mol. The standard InChI is InChI=1S/C25H31N3O5/c1-15-8-6-7-9-19(15)20(28-24(26)32)14-21(29)33-16(2)22(30)17-10-12-18(13-11-17)27-23(31)25(3,4)5/h6-13,16,20H,14H2,1-5H3,(H,27,31)(H3,26,28,32). The molecule has 0 fully saturated rings. The van der Waals surface area contributed by atoms with Crippen LogP contribution in [0.5, 0.6) is 0 Å². The van der Waals surface area contributed by atoms with E-state index >= 15 is 0 Å². The van der Waals surface area contributed by atoms with Crippen LogP contribution in [-0.2, 0) is 14.3 Å². The number of Topliss-reactive ketones (excluding diaryl/α,β-unsaturated/α-hetero) is 1. The van der Waals surface area contributed by atoms with Crippen molar-refractivity contribution in [3.05, 3.63) is 65.2 Å². The smallest absolute Gasteiger partial charge is 0.312 e. The highest BCUT2D eigenvalue weighted by molar-refractivity contribution is 6.01. The molecule has 8 nitrogen and oxygen atoms in total. The summed E-state index contributed by atoms with van der Waals surface area (Å²) >= 11 is 0. The fourth-order valence-corrected chi connectivity index (χ4v) is 3.12. The lowest BCUT2D eigenvalue weighted by Gasteiger charge is -2.20. The zero-order chi connectivity index (χ0) is 24.8. The molecular formula is C25H31N3O5. The third kappa shape index (κ3) is 7.45. The van der Waals surface area contributed by atoms with Crippen LogP contribution in [0.2, 0.25) is 0 Å². The number of hydrogen-bond donors (Lipinski definition) is 3. The van der Waals surface area contributed by atoms with Crippen molar-refractivity contribution in [1.29, 1.82) is 0 Å². The first-order chi connectivity index (χ1) is 15.4. The number of carbonyl (C=O) groups excluding carboxylic acids is 4. The molecule has 0 aliphatic carbocycles. The number of benzene rings is 2. The van der Waals surface area contributed by atoms with Gasteiger partial charge in [0, 0.05) is 16.7 Å². The molecule has 0 aliphatic rings. The van der Waals surface area contributed by atoms with Gasteiger partial charge in [-0.3, -0.25) is 14.4 Å². The van der Waals surface area contributed by atoms with Gasteiger partial charge in [0.2, 0.25) is 11.7 Å². The average Bonchev–Trinajstić information content (AvgIpc) is 2.72. The van der Waals surface area contributed by atoms with Crippen molar-refractivity contribution >= 4 is 29.4 Å². The van der Waals surface area contributed by atoms with Gasteiger partial charge in [0.05, 0.1) is 12.5 Å². The summed E-state index contributed by atoms with van der Waals surface area (Å²) in [5.41, 5.74) is 7.25. The Morgan fingerprint density at radius 1 is 1.00 bits per heavy atom. The highest BCUT2D eigenvalue weighted by atomic mass is 16.5. The molecule has 176 valence electrons. The van der Waals surface area contributed by atoms with E-state index in [0.29, 0.717) is 11.3 Å². The SMILES string of the molecule is Cc1ccccc1C(CC(=O)OC(C)C(=O)c1ccc(NC(=O)C(C)(C)C)cc1)NC(N)=O. The van der Waals surface area contributed by atoms with Crippen LogP contribution in [0.1, 0.15) is 61.6 Å². The summed E-state index contributed by atoms with van der Waals surface area (Å²) in [5.74, 6) is -1.17. The predicted octanol–water partition coefficient (Wildman–Crippen LogP) is 3.89. The van der Waals surface area contributed by atoms with Gasteiger partial charge in [-0.05, 0) is 49.2 Å². The number of nitrogens with one attached hydrogen (secondary N) is 2. The largest absolute Gasteiger partial charge is 0.454 e. The second-order valence-electron chi connectivity index (χ2n) is 8.90. The van der Waals surface area contributed by atoms with Crippen molar-refractivity contribution < 1.29 is 23.9 Å². The van der Waals surface area contributed by atoms with Crippen molar-refractivity contribution in [2.45, 2.75) is 53.2 Å². The van der Waals surface area contributed by atoms with Gasteiger partial charge in [0.15, 0.2) is 6.10 Å². The van der Waals surface area contributed by atoms with Gasteiger partial charge < -0.3 is 21.1 Å². The minimum absolute atomic E-state index is 0.142. The number of carbonyl (C=O) groups is 4. The van der Waals surface area contributed by atoms with Gasteiger partial charge in [-0.15, -0.1) is 0 Å². The molecule has 0 spiro atoms. The molecule has 0 radical (unpaired) electrons. The molecule has 0 heterocycles. The molecular weight excluding hydrogens is 422 g/mol. The number of ketones is 1. The van der Waals surface area contributed by atoms with E-state index in [1.165, 1.54) is 6.92 Å². The van der Waals surface area contributed by atoms with Crippen LogP contribution < -0.4 is 16.4 Å². The maximum absolute atomic E-state index is 12.7. The molecule has 3 amide bonds. The molecule has 2 aromatic rings. The fourth-order valence-electron chi connectivity index (χ4n) is 3.12. The number of amides is 3. The topological polar surface area (TPSA) is 128 Å². The van der Waals surface area contributed by atoms with Crippen LogP contribution in [0, 0.1) is 12.3 Å². The number of urea groups is 1. The van der Waals surface area contributed by atoms with Crippen LogP contribution in [0.4, 0.5) is 10.5 Å². The highest BCUT2D eigenvalue weighted by Crippen LogP contribution is 2.22. The summed E-state index contributed by atoms with van der Waals surface area (Å²) in [5, 5.41) is 5.34. The molecule has 2 rings (SSSR count). The quantitative estimate of drug-likeness (QED) is 0.413. The molecule has 0 bridgehead atoms. The van der Waals surface area contributed by atoms with E-state index in [4.69, 9.17) is 10.5 Å². The molecule has 0 aromatic heterocycles. The maximum atomic E-state index is 12.7. The predicted molar refractivity (Wildman–Crippen MR) is 126 cm³/mol. The molecule has 4 N–H and O–H groups in total. The molecule has 0 aliphatic heterocycles. The Kier molecular flexibility index (Phi) is 8.34. The summed E-state index contributed by atoms with van der Waals surface area (Å²) in [4.78, 5) is 48.7. The highest BCUT2D eigenvalue weighted by Gasteiger charge is 2.25. The molecule has 8 heteroatoms. The van der Waals surface area contributed by atoms with Gasteiger partial charge in [-0.1, -0.05) is 45.0 Å². The molecule has 0 saturated carbocycles. The van der Waals surface area contributed by atoms with Crippen molar-refractivity contribution in [2.24, 2.45) is 11.1 Å². The van der Waals surface area contributed by atoms with Crippen LogP contribution >= 0.6 is 0 Å². The first-order valence-electron chi connectivity index (χ1n) is 10.6. The van der Waals surface area contributed by atoms with Crippen LogP contribution in [-0.4, -0.2) is 29.8 Å². The second kappa shape index (κ2) is 10.8. The van der Waals surface area contributed by atoms with Crippen LogP contribution in [0.25, 0.3) is 0 Å². The third-order valence-electron chi connectivity index (χ3n) is 5.04. The molecule has 2 unspecified atom stereocenters.